The van der Waals surface area contributed by atoms with Crippen LogP contribution in [0.2, 0.25) is 0 Å². The summed E-state index contributed by atoms with van der Waals surface area (Å²) >= 11 is 0. The van der Waals surface area contributed by atoms with E-state index in [0.717, 1.165) is 11.8 Å². The van der Waals surface area contributed by atoms with E-state index in [0.29, 0.717) is 19.0 Å². The van der Waals surface area contributed by atoms with E-state index in [1.165, 1.54) is 0 Å². The fourth-order valence-corrected chi connectivity index (χ4v) is 1.22. The summed E-state index contributed by atoms with van der Waals surface area (Å²) in [6.07, 6.45) is 0. The van der Waals surface area contributed by atoms with Gasteiger partial charge in [0.05, 0.1) is 6.61 Å². The molecule has 0 aromatic heterocycles. The number of ether oxygens (including phenoxy) is 1. The molecule has 0 radical (unpaired) electrons. The van der Waals surface area contributed by atoms with Gasteiger partial charge in [0.15, 0.2) is 0 Å². The lowest BCUT2D eigenvalue weighted by atomic mass is 10.4. The predicted molar refractivity (Wildman–Crippen MR) is 33.8 cm³/mol. The molecule has 0 heterocycles. The highest BCUT2D eigenvalue weighted by Gasteiger charge is 2.42. The molecule has 2 nitrogen and oxygen atoms in total. The molecule has 0 N–H and O–H groups in total. The molecule has 2 heteroatoms. The summed E-state index contributed by atoms with van der Waals surface area (Å²) in [6.45, 7) is 5.51. The van der Waals surface area contributed by atoms with E-state index < -0.39 is 0 Å². The van der Waals surface area contributed by atoms with Crippen molar-refractivity contribution in [3.05, 3.63) is 0 Å². The predicted octanol–water partition coefficient (Wildman–Crippen LogP) is 1.06. The van der Waals surface area contributed by atoms with Gasteiger partial charge in [0.2, 0.25) is 0 Å². The van der Waals surface area contributed by atoms with Gasteiger partial charge in [-0.15, -0.1) is 0 Å². The average Bonchev–Trinajstić information content (AvgIpc) is 2.39. The van der Waals surface area contributed by atoms with E-state index >= 15 is 0 Å². The second kappa shape index (κ2) is 2.38. The number of hydrogen-bond donors (Lipinski definition) is 0. The third kappa shape index (κ3) is 1.23. The first-order chi connectivity index (χ1) is 4.27. The summed E-state index contributed by atoms with van der Waals surface area (Å²) in [5, 5.41) is 0. The maximum Gasteiger partial charge on any atom is 0.293 e. The fraction of sp³-hybridized carbons (Fsp3) is 0.857. The van der Waals surface area contributed by atoms with Gasteiger partial charge in [0.25, 0.3) is 6.47 Å². The molecule has 1 saturated carbocycles. The normalized spacial score (nSPS) is 40.0. The van der Waals surface area contributed by atoms with Crippen LogP contribution >= 0.6 is 0 Å². The van der Waals surface area contributed by atoms with Gasteiger partial charge < -0.3 is 4.74 Å². The van der Waals surface area contributed by atoms with Crippen LogP contribution in [0.15, 0.2) is 0 Å². The molecule has 2 atom stereocenters. The quantitative estimate of drug-likeness (QED) is 0.531. The zero-order chi connectivity index (χ0) is 6.85. The SMILES string of the molecule is CC1C(C)C1COC=O. The van der Waals surface area contributed by atoms with Crippen molar-refractivity contribution in [2.75, 3.05) is 6.61 Å². The first kappa shape index (κ1) is 6.59. The zero-order valence-electron chi connectivity index (χ0n) is 5.83. The largest absolute Gasteiger partial charge is 0.468 e. The van der Waals surface area contributed by atoms with E-state index in [4.69, 9.17) is 0 Å². The molecule has 1 fully saturated rings. The van der Waals surface area contributed by atoms with Crippen LogP contribution in [0.3, 0.4) is 0 Å². The van der Waals surface area contributed by atoms with Gasteiger partial charge in [-0.2, -0.15) is 0 Å². The van der Waals surface area contributed by atoms with Crippen LogP contribution in [-0.4, -0.2) is 13.1 Å². The monoisotopic (exact) mass is 128 g/mol. The lowest BCUT2D eigenvalue weighted by Gasteiger charge is -1.92. The number of rotatable bonds is 3. The molecular weight excluding hydrogens is 116 g/mol. The van der Waals surface area contributed by atoms with Crippen LogP contribution in [0.1, 0.15) is 13.8 Å². The molecule has 0 spiro atoms. The molecule has 0 bridgehead atoms. The van der Waals surface area contributed by atoms with E-state index in [1.807, 2.05) is 0 Å². The second-order valence-corrected chi connectivity index (χ2v) is 2.81. The Kier molecular flexibility index (Phi) is 1.74. The molecule has 52 valence electrons. The van der Waals surface area contributed by atoms with Crippen LogP contribution in [0.25, 0.3) is 0 Å². The summed E-state index contributed by atoms with van der Waals surface area (Å²) in [7, 11) is 0. The van der Waals surface area contributed by atoms with Gasteiger partial charge in [0.1, 0.15) is 0 Å². The van der Waals surface area contributed by atoms with Gasteiger partial charge >= 0.3 is 0 Å². The lowest BCUT2D eigenvalue weighted by molar-refractivity contribution is -0.129. The molecule has 0 aromatic rings. The standard InChI is InChI=1S/C7H12O2/c1-5-6(2)7(5)3-9-4-8/h4-7H,3H2,1-2H3. The third-order valence-electron chi connectivity index (χ3n) is 2.40. The highest BCUT2D eigenvalue weighted by atomic mass is 16.5. The average molecular weight is 128 g/mol. The molecule has 1 aliphatic rings. The van der Waals surface area contributed by atoms with Crippen LogP contribution in [0.4, 0.5) is 0 Å². The molecule has 9 heavy (non-hydrogen) atoms. The maximum absolute atomic E-state index is 9.73. The Labute approximate surface area is 55.2 Å². The van der Waals surface area contributed by atoms with E-state index in [9.17, 15) is 4.79 Å². The maximum atomic E-state index is 9.73. The van der Waals surface area contributed by atoms with Crippen molar-refractivity contribution in [2.45, 2.75) is 13.8 Å². The van der Waals surface area contributed by atoms with Gasteiger partial charge in [-0.05, 0) is 17.8 Å². The first-order valence-corrected chi connectivity index (χ1v) is 3.32. The zero-order valence-corrected chi connectivity index (χ0v) is 5.83. The van der Waals surface area contributed by atoms with Gasteiger partial charge in [-0.1, -0.05) is 13.8 Å². The van der Waals surface area contributed by atoms with Gasteiger partial charge in [0, 0.05) is 0 Å². The molecule has 0 saturated heterocycles. The van der Waals surface area contributed by atoms with Crippen molar-refractivity contribution < 1.29 is 9.53 Å². The fourth-order valence-electron chi connectivity index (χ4n) is 1.22. The number of carbonyl (C=O) groups is 1. The summed E-state index contributed by atoms with van der Waals surface area (Å²) in [5.74, 6) is 2.14. The van der Waals surface area contributed by atoms with E-state index in [1.54, 1.807) is 0 Å². The summed E-state index contributed by atoms with van der Waals surface area (Å²) < 4.78 is 4.62. The Morgan fingerprint density at radius 1 is 1.44 bits per heavy atom. The Hall–Kier alpha value is -0.530. The Balaban J connectivity index is 2.10. The molecule has 1 rings (SSSR count). The van der Waals surface area contributed by atoms with Crippen LogP contribution in [-0.2, 0) is 9.53 Å². The summed E-state index contributed by atoms with van der Waals surface area (Å²) in [6, 6.07) is 0. The van der Waals surface area contributed by atoms with Crippen LogP contribution < -0.4 is 0 Å². The number of hydrogen-bond acceptors (Lipinski definition) is 2. The summed E-state index contributed by atoms with van der Waals surface area (Å²) in [4.78, 5) is 9.73. The van der Waals surface area contributed by atoms with Crippen molar-refractivity contribution in [1.82, 2.24) is 0 Å². The van der Waals surface area contributed by atoms with Crippen LogP contribution in [0, 0.1) is 17.8 Å². The van der Waals surface area contributed by atoms with Crippen molar-refractivity contribution in [1.29, 1.82) is 0 Å². The second-order valence-electron chi connectivity index (χ2n) is 2.81. The Bertz CT molecular complexity index is 103. The molecule has 0 aromatic carbocycles. The van der Waals surface area contributed by atoms with Gasteiger partial charge in [-0.25, -0.2) is 0 Å². The van der Waals surface area contributed by atoms with Crippen molar-refractivity contribution in [2.24, 2.45) is 17.8 Å². The van der Waals surface area contributed by atoms with Crippen molar-refractivity contribution in [3.63, 3.8) is 0 Å². The Morgan fingerprint density at radius 3 is 2.33 bits per heavy atom. The first-order valence-electron chi connectivity index (χ1n) is 3.32. The molecule has 1 aliphatic carbocycles. The van der Waals surface area contributed by atoms with Crippen molar-refractivity contribution >= 4 is 6.47 Å². The van der Waals surface area contributed by atoms with E-state index in [-0.39, 0.29) is 0 Å². The molecular formula is C7H12O2. The molecule has 0 aliphatic heterocycles. The minimum atomic E-state index is 0.526. The number of carbonyl (C=O) groups excluding carboxylic acids is 1. The van der Waals surface area contributed by atoms with Crippen LogP contribution in [0.5, 0.6) is 0 Å². The highest BCUT2D eigenvalue weighted by molar-refractivity contribution is 5.37. The van der Waals surface area contributed by atoms with Crippen molar-refractivity contribution in [3.8, 4) is 0 Å². The third-order valence-corrected chi connectivity index (χ3v) is 2.40. The molecule has 0 amide bonds. The Morgan fingerprint density at radius 2 is 2.00 bits per heavy atom. The molecule has 2 unspecified atom stereocenters. The highest BCUT2D eigenvalue weighted by Crippen LogP contribution is 2.45. The smallest absolute Gasteiger partial charge is 0.293 e. The summed E-state index contributed by atoms with van der Waals surface area (Å²) in [5.41, 5.74) is 0. The van der Waals surface area contributed by atoms with Gasteiger partial charge in [-0.3, -0.25) is 4.79 Å². The minimum Gasteiger partial charge on any atom is -0.468 e. The topological polar surface area (TPSA) is 26.3 Å². The van der Waals surface area contributed by atoms with E-state index in [2.05, 4.69) is 18.6 Å². The minimum absolute atomic E-state index is 0.526. The lowest BCUT2D eigenvalue weighted by Crippen LogP contribution is -1.95.